The van der Waals surface area contributed by atoms with E-state index in [2.05, 4.69) is 56.4 Å². The van der Waals surface area contributed by atoms with Gasteiger partial charge in [-0.05, 0) is 54.0 Å². The fourth-order valence-electron chi connectivity index (χ4n) is 3.02. The molecule has 2 rings (SSSR count). The van der Waals surface area contributed by atoms with E-state index in [-0.39, 0.29) is 17.4 Å². The first-order chi connectivity index (χ1) is 12.2. The smallest absolute Gasteiger partial charge is 0.220 e. The summed E-state index contributed by atoms with van der Waals surface area (Å²) in [5, 5.41) is 3.10. The van der Waals surface area contributed by atoms with E-state index in [0.717, 1.165) is 28.9 Å². The average molecular weight is 354 g/mol. The Kier molecular flexibility index (Phi) is 6.47. The molecule has 2 aromatic rings. The first kappa shape index (κ1) is 20.0. The number of nitrogens with one attached hydrogen (secondary N) is 1. The maximum absolute atomic E-state index is 12.3. The third-order valence-electron chi connectivity index (χ3n) is 4.75. The SMILES string of the molecule is COc1ccc(CCC(=O)NC(C)c2ccc(C(C)(C)C)cc2)cc1C. The van der Waals surface area contributed by atoms with E-state index in [1.54, 1.807) is 7.11 Å². The highest BCUT2D eigenvalue weighted by molar-refractivity contribution is 5.76. The molecule has 1 N–H and O–H groups in total. The molecule has 3 heteroatoms. The molecule has 26 heavy (non-hydrogen) atoms. The maximum atomic E-state index is 12.3. The number of aryl methyl sites for hydroxylation is 2. The molecule has 140 valence electrons. The van der Waals surface area contributed by atoms with E-state index >= 15 is 0 Å². The second-order valence-corrected chi connectivity index (χ2v) is 7.97. The van der Waals surface area contributed by atoms with E-state index in [4.69, 9.17) is 4.74 Å². The molecular formula is C23H31NO2. The summed E-state index contributed by atoms with van der Waals surface area (Å²) in [6, 6.07) is 14.6. The topological polar surface area (TPSA) is 38.3 Å². The minimum Gasteiger partial charge on any atom is -0.496 e. The van der Waals surface area contributed by atoms with Crippen molar-refractivity contribution in [2.24, 2.45) is 0 Å². The van der Waals surface area contributed by atoms with Gasteiger partial charge in [0.2, 0.25) is 5.91 Å². The lowest BCUT2D eigenvalue weighted by atomic mass is 9.86. The van der Waals surface area contributed by atoms with Crippen molar-refractivity contribution in [1.82, 2.24) is 5.32 Å². The van der Waals surface area contributed by atoms with Crippen molar-refractivity contribution < 1.29 is 9.53 Å². The third-order valence-corrected chi connectivity index (χ3v) is 4.75. The molecule has 0 aliphatic carbocycles. The summed E-state index contributed by atoms with van der Waals surface area (Å²) >= 11 is 0. The number of carbonyl (C=O) groups is 1. The summed E-state index contributed by atoms with van der Waals surface area (Å²) in [6.07, 6.45) is 1.21. The molecule has 3 nitrogen and oxygen atoms in total. The highest BCUT2D eigenvalue weighted by Gasteiger charge is 2.15. The van der Waals surface area contributed by atoms with Gasteiger partial charge in [-0.3, -0.25) is 4.79 Å². The fraction of sp³-hybridized carbons (Fsp3) is 0.435. The average Bonchev–Trinajstić information content (AvgIpc) is 2.59. The minimum atomic E-state index is 0.00845. The first-order valence-electron chi connectivity index (χ1n) is 9.24. The van der Waals surface area contributed by atoms with E-state index < -0.39 is 0 Å². The number of amides is 1. The second kappa shape index (κ2) is 8.39. The van der Waals surface area contributed by atoms with Crippen LogP contribution in [0.25, 0.3) is 0 Å². The van der Waals surface area contributed by atoms with Gasteiger partial charge in [-0.15, -0.1) is 0 Å². The van der Waals surface area contributed by atoms with E-state index in [9.17, 15) is 4.79 Å². The molecule has 0 saturated heterocycles. The quantitative estimate of drug-likeness (QED) is 0.783. The lowest BCUT2D eigenvalue weighted by Gasteiger charge is -2.20. The van der Waals surface area contributed by atoms with Crippen LogP contribution in [-0.2, 0) is 16.6 Å². The highest BCUT2D eigenvalue weighted by Crippen LogP contribution is 2.24. The van der Waals surface area contributed by atoms with Crippen LogP contribution >= 0.6 is 0 Å². The zero-order valence-corrected chi connectivity index (χ0v) is 16.8. The Hall–Kier alpha value is -2.29. The predicted octanol–water partition coefficient (Wildman–Crippen LogP) is 5.11. The zero-order chi connectivity index (χ0) is 19.3. The number of ether oxygens (including phenoxy) is 1. The van der Waals surface area contributed by atoms with Crippen molar-refractivity contribution >= 4 is 5.91 Å². The monoisotopic (exact) mass is 353 g/mol. The molecule has 1 unspecified atom stereocenters. The highest BCUT2D eigenvalue weighted by atomic mass is 16.5. The number of hydrogen-bond donors (Lipinski definition) is 1. The normalized spacial score (nSPS) is 12.5. The van der Waals surface area contributed by atoms with Crippen molar-refractivity contribution in [2.75, 3.05) is 7.11 Å². The molecule has 0 spiro atoms. The van der Waals surface area contributed by atoms with Crippen LogP contribution in [0.5, 0.6) is 5.75 Å². The molecule has 0 fully saturated rings. The van der Waals surface area contributed by atoms with Gasteiger partial charge in [0.1, 0.15) is 5.75 Å². The summed E-state index contributed by atoms with van der Waals surface area (Å²) < 4.78 is 5.28. The van der Waals surface area contributed by atoms with Crippen LogP contribution in [0.1, 0.15) is 62.4 Å². The Balaban J connectivity index is 1.90. The lowest BCUT2D eigenvalue weighted by molar-refractivity contribution is -0.121. The molecule has 1 amide bonds. The maximum Gasteiger partial charge on any atom is 0.220 e. The molecule has 0 aromatic heterocycles. The second-order valence-electron chi connectivity index (χ2n) is 7.97. The molecular weight excluding hydrogens is 322 g/mol. The van der Waals surface area contributed by atoms with Crippen molar-refractivity contribution in [3.63, 3.8) is 0 Å². The van der Waals surface area contributed by atoms with Gasteiger partial charge >= 0.3 is 0 Å². The summed E-state index contributed by atoms with van der Waals surface area (Å²) in [5.41, 5.74) is 4.82. The largest absolute Gasteiger partial charge is 0.496 e. The van der Waals surface area contributed by atoms with Crippen LogP contribution in [0.15, 0.2) is 42.5 Å². The third kappa shape index (κ3) is 5.35. The van der Waals surface area contributed by atoms with Gasteiger partial charge in [0.05, 0.1) is 13.2 Å². The number of methoxy groups -OCH3 is 1. The summed E-state index contributed by atoms with van der Waals surface area (Å²) in [4.78, 5) is 12.3. The minimum absolute atomic E-state index is 0.00845. The van der Waals surface area contributed by atoms with Crippen LogP contribution in [0.2, 0.25) is 0 Å². The van der Waals surface area contributed by atoms with Gasteiger partial charge in [-0.2, -0.15) is 0 Å². The van der Waals surface area contributed by atoms with Gasteiger partial charge in [0.25, 0.3) is 0 Å². The van der Waals surface area contributed by atoms with Gasteiger partial charge in [-0.25, -0.2) is 0 Å². The summed E-state index contributed by atoms with van der Waals surface area (Å²) in [5.74, 6) is 0.955. The predicted molar refractivity (Wildman–Crippen MR) is 108 cm³/mol. The fourth-order valence-corrected chi connectivity index (χ4v) is 3.02. The van der Waals surface area contributed by atoms with E-state index in [1.165, 1.54) is 5.56 Å². The number of benzene rings is 2. The Labute approximate surface area is 157 Å². The number of hydrogen-bond acceptors (Lipinski definition) is 2. The van der Waals surface area contributed by atoms with Gasteiger partial charge in [0, 0.05) is 6.42 Å². The molecule has 1 atom stereocenters. The van der Waals surface area contributed by atoms with Crippen molar-refractivity contribution in [1.29, 1.82) is 0 Å². The number of carbonyl (C=O) groups excluding carboxylic acids is 1. The summed E-state index contributed by atoms with van der Waals surface area (Å²) in [7, 11) is 1.67. The zero-order valence-electron chi connectivity index (χ0n) is 16.8. The van der Waals surface area contributed by atoms with Crippen LogP contribution in [0, 0.1) is 6.92 Å². The van der Waals surface area contributed by atoms with Crippen LogP contribution in [0.4, 0.5) is 0 Å². The molecule has 0 radical (unpaired) electrons. The van der Waals surface area contributed by atoms with Crippen molar-refractivity contribution in [3.05, 3.63) is 64.7 Å². The van der Waals surface area contributed by atoms with E-state index in [1.807, 2.05) is 26.0 Å². The van der Waals surface area contributed by atoms with Gasteiger partial charge in [0.15, 0.2) is 0 Å². The summed E-state index contributed by atoms with van der Waals surface area (Å²) in [6.45, 7) is 10.7. The van der Waals surface area contributed by atoms with Crippen molar-refractivity contribution in [2.45, 2.75) is 58.9 Å². The van der Waals surface area contributed by atoms with Crippen molar-refractivity contribution in [3.8, 4) is 5.75 Å². The molecule has 0 saturated carbocycles. The molecule has 0 bridgehead atoms. The van der Waals surface area contributed by atoms with Crippen LogP contribution < -0.4 is 10.1 Å². The van der Waals surface area contributed by atoms with Gasteiger partial charge < -0.3 is 10.1 Å². The Morgan fingerprint density at radius 3 is 2.31 bits per heavy atom. The van der Waals surface area contributed by atoms with E-state index in [0.29, 0.717) is 6.42 Å². The van der Waals surface area contributed by atoms with Gasteiger partial charge in [-0.1, -0.05) is 57.2 Å². The standard InChI is InChI=1S/C23H31NO2/c1-16-15-18(7-13-21(16)26-6)8-14-22(25)24-17(2)19-9-11-20(12-10-19)23(3,4)5/h7,9-13,15,17H,8,14H2,1-6H3,(H,24,25). The van der Waals surface area contributed by atoms with Crippen LogP contribution in [0.3, 0.4) is 0 Å². The molecule has 0 aliphatic rings. The number of rotatable bonds is 6. The lowest BCUT2D eigenvalue weighted by Crippen LogP contribution is -2.26. The Bertz CT molecular complexity index is 742. The Morgan fingerprint density at radius 1 is 1.12 bits per heavy atom. The molecule has 2 aromatic carbocycles. The Morgan fingerprint density at radius 2 is 1.77 bits per heavy atom. The van der Waals surface area contributed by atoms with Crippen LogP contribution in [-0.4, -0.2) is 13.0 Å². The molecule has 0 heterocycles. The molecule has 0 aliphatic heterocycles. The first-order valence-corrected chi connectivity index (χ1v) is 9.24.